The fourth-order valence-electron chi connectivity index (χ4n) is 3.09. The van der Waals surface area contributed by atoms with Gasteiger partial charge in [-0.25, -0.2) is 0 Å². The van der Waals surface area contributed by atoms with Crippen LogP contribution in [0.5, 0.6) is 5.75 Å². The van der Waals surface area contributed by atoms with Crippen LogP contribution in [-0.4, -0.2) is 17.5 Å². The van der Waals surface area contributed by atoms with Crippen LogP contribution in [0, 0.1) is 6.92 Å². The average Bonchev–Trinajstić information content (AvgIpc) is 3.04. The quantitative estimate of drug-likeness (QED) is 0.382. The molecule has 1 N–H and O–H groups in total. The van der Waals surface area contributed by atoms with Gasteiger partial charge in [-0.1, -0.05) is 11.6 Å². The molecule has 5 nitrogen and oxygen atoms in total. The Balaban J connectivity index is 1.91. The van der Waals surface area contributed by atoms with Crippen molar-refractivity contribution in [2.75, 3.05) is 5.32 Å². The summed E-state index contributed by atoms with van der Waals surface area (Å²) in [6.07, 6.45) is 2.98. The monoisotopic (exact) mass is 434 g/mol. The summed E-state index contributed by atoms with van der Waals surface area (Å²) in [6.45, 7) is -1.28. The number of aryl methyl sites for hydroxylation is 1. The SMILES string of the molecule is Cc1cncc(Cl)c1NC(=O)c1ccc(OC(F)F)c2oc3ccc(S)cc3c12. The first-order valence-electron chi connectivity index (χ1n) is 8.39. The van der Waals surface area contributed by atoms with Gasteiger partial charge >= 0.3 is 6.61 Å². The Labute approximate surface area is 174 Å². The minimum absolute atomic E-state index is 0.0458. The second-order valence-electron chi connectivity index (χ2n) is 6.24. The number of amides is 1. The smallest absolute Gasteiger partial charge is 0.387 e. The third kappa shape index (κ3) is 3.61. The van der Waals surface area contributed by atoms with Crippen LogP contribution in [0.1, 0.15) is 15.9 Å². The molecular weight excluding hydrogens is 422 g/mol. The van der Waals surface area contributed by atoms with Crippen LogP contribution in [0.3, 0.4) is 0 Å². The van der Waals surface area contributed by atoms with Crippen LogP contribution in [0.2, 0.25) is 5.02 Å². The van der Waals surface area contributed by atoms with Crippen molar-refractivity contribution in [1.82, 2.24) is 4.98 Å². The van der Waals surface area contributed by atoms with Crippen molar-refractivity contribution in [3.63, 3.8) is 0 Å². The molecule has 4 rings (SSSR count). The number of anilines is 1. The molecule has 0 bridgehead atoms. The zero-order valence-corrected chi connectivity index (χ0v) is 16.5. The van der Waals surface area contributed by atoms with E-state index in [9.17, 15) is 13.6 Å². The predicted octanol–water partition coefficient (Wildman–Crippen LogP) is 6.09. The summed E-state index contributed by atoms with van der Waals surface area (Å²) in [4.78, 5) is 17.6. The number of hydrogen-bond acceptors (Lipinski definition) is 5. The van der Waals surface area contributed by atoms with Gasteiger partial charge in [-0.3, -0.25) is 9.78 Å². The van der Waals surface area contributed by atoms with Gasteiger partial charge in [-0.2, -0.15) is 8.78 Å². The number of pyridine rings is 1. The number of carbonyl (C=O) groups excluding carboxylic acids is 1. The van der Waals surface area contributed by atoms with Gasteiger partial charge in [0.1, 0.15) is 5.58 Å². The van der Waals surface area contributed by atoms with Crippen molar-refractivity contribution in [1.29, 1.82) is 0 Å². The van der Waals surface area contributed by atoms with Crippen LogP contribution in [0.15, 0.2) is 52.0 Å². The highest BCUT2D eigenvalue weighted by molar-refractivity contribution is 7.80. The number of nitrogens with one attached hydrogen (secondary N) is 1. The molecule has 0 aliphatic rings. The van der Waals surface area contributed by atoms with E-state index >= 15 is 0 Å². The number of carbonyl (C=O) groups is 1. The zero-order chi connectivity index (χ0) is 20.7. The number of alkyl halides is 2. The van der Waals surface area contributed by atoms with Crippen LogP contribution in [0.4, 0.5) is 14.5 Å². The lowest BCUT2D eigenvalue weighted by atomic mass is 10.0. The number of thiol groups is 1. The maximum Gasteiger partial charge on any atom is 0.387 e. The molecule has 0 atom stereocenters. The maximum atomic E-state index is 13.1. The van der Waals surface area contributed by atoms with E-state index in [0.29, 0.717) is 32.5 Å². The Morgan fingerprint density at radius 2 is 2.07 bits per heavy atom. The Morgan fingerprint density at radius 3 is 2.79 bits per heavy atom. The fraction of sp³-hybridized carbons (Fsp3) is 0.100. The second kappa shape index (κ2) is 7.53. The average molecular weight is 435 g/mol. The van der Waals surface area contributed by atoms with Gasteiger partial charge in [0, 0.05) is 28.1 Å². The summed E-state index contributed by atoms with van der Waals surface area (Å²) in [5, 5.41) is 3.93. The normalized spacial score (nSPS) is 11.4. The fourth-order valence-corrected chi connectivity index (χ4v) is 3.55. The van der Waals surface area contributed by atoms with Gasteiger partial charge in [0.05, 0.1) is 16.3 Å². The van der Waals surface area contributed by atoms with Crippen molar-refractivity contribution >= 4 is 57.8 Å². The van der Waals surface area contributed by atoms with Crippen molar-refractivity contribution in [2.24, 2.45) is 0 Å². The minimum atomic E-state index is -3.04. The predicted molar refractivity (Wildman–Crippen MR) is 110 cm³/mol. The largest absolute Gasteiger partial charge is 0.452 e. The molecule has 0 fully saturated rings. The number of aromatic nitrogens is 1. The molecule has 0 saturated heterocycles. The number of ether oxygens (including phenoxy) is 1. The molecule has 0 radical (unpaired) electrons. The van der Waals surface area contributed by atoms with E-state index in [0.717, 1.165) is 0 Å². The Kier molecular flexibility index (Phi) is 5.06. The van der Waals surface area contributed by atoms with Crippen molar-refractivity contribution in [3.8, 4) is 5.75 Å². The standard InChI is InChI=1S/C20H13ClF2N2O3S/c1-9-7-24-8-13(21)17(9)25-19(26)11-3-5-15(28-20(22)23)18-16(11)12-6-10(29)2-4-14(12)27-18/h2-8,20,29H,1H3,(H,24,25,26). The number of halogens is 3. The minimum Gasteiger partial charge on any atom is -0.452 e. The molecule has 0 aliphatic heterocycles. The van der Waals surface area contributed by atoms with Gasteiger partial charge in [-0.05, 0) is 42.8 Å². The van der Waals surface area contributed by atoms with Gasteiger partial charge < -0.3 is 14.5 Å². The highest BCUT2D eigenvalue weighted by Crippen LogP contribution is 2.39. The third-order valence-corrected chi connectivity index (χ3v) is 4.92. The number of benzene rings is 2. The van der Waals surface area contributed by atoms with Crippen LogP contribution in [0.25, 0.3) is 21.9 Å². The van der Waals surface area contributed by atoms with E-state index in [1.54, 1.807) is 31.3 Å². The number of hydrogen-bond donors (Lipinski definition) is 2. The Morgan fingerprint density at radius 1 is 1.28 bits per heavy atom. The highest BCUT2D eigenvalue weighted by Gasteiger charge is 2.22. The van der Waals surface area contributed by atoms with Crippen molar-refractivity contribution in [2.45, 2.75) is 18.4 Å². The highest BCUT2D eigenvalue weighted by atomic mass is 35.5. The first-order chi connectivity index (χ1) is 13.8. The summed E-state index contributed by atoms with van der Waals surface area (Å²) in [7, 11) is 0. The Bertz CT molecular complexity index is 1240. The van der Waals surface area contributed by atoms with Gasteiger partial charge in [0.25, 0.3) is 5.91 Å². The lowest BCUT2D eigenvalue weighted by molar-refractivity contribution is -0.0493. The molecule has 0 saturated carbocycles. The lowest BCUT2D eigenvalue weighted by Crippen LogP contribution is -2.14. The molecule has 9 heteroatoms. The van der Waals surface area contributed by atoms with Crippen LogP contribution in [-0.2, 0) is 0 Å². The molecule has 2 heterocycles. The molecule has 4 aromatic rings. The first-order valence-corrected chi connectivity index (χ1v) is 9.22. The van der Waals surface area contributed by atoms with E-state index in [4.69, 9.17) is 16.0 Å². The molecule has 0 spiro atoms. The summed E-state index contributed by atoms with van der Waals surface area (Å²) in [5.41, 5.74) is 1.76. The van der Waals surface area contributed by atoms with Gasteiger partial charge in [0.2, 0.25) is 0 Å². The molecule has 0 aliphatic carbocycles. The van der Waals surface area contributed by atoms with Crippen molar-refractivity contribution < 1.29 is 22.7 Å². The molecule has 148 valence electrons. The van der Waals surface area contributed by atoms with E-state index in [2.05, 4.69) is 27.7 Å². The van der Waals surface area contributed by atoms with Crippen LogP contribution >= 0.6 is 24.2 Å². The third-order valence-electron chi connectivity index (χ3n) is 4.35. The topological polar surface area (TPSA) is 64.4 Å². The molecular formula is C20H13ClF2N2O3S. The number of nitrogens with zero attached hydrogens (tertiary/aromatic N) is 1. The zero-order valence-electron chi connectivity index (χ0n) is 14.9. The van der Waals surface area contributed by atoms with E-state index in [1.165, 1.54) is 18.3 Å². The molecule has 2 aromatic carbocycles. The summed E-state index contributed by atoms with van der Waals surface area (Å²) in [5.74, 6) is -0.649. The van der Waals surface area contributed by atoms with E-state index in [1.807, 2.05) is 0 Å². The number of rotatable bonds is 4. The molecule has 0 unspecified atom stereocenters. The van der Waals surface area contributed by atoms with Crippen LogP contribution < -0.4 is 10.1 Å². The summed E-state index contributed by atoms with van der Waals surface area (Å²) < 4.78 is 35.9. The number of furan rings is 1. The van der Waals surface area contributed by atoms with Crippen molar-refractivity contribution in [3.05, 3.63) is 58.9 Å². The Hall–Kier alpha value is -2.84. The maximum absolute atomic E-state index is 13.1. The molecule has 29 heavy (non-hydrogen) atoms. The lowest BCUT2D eigenvalue weighted by Gasteiger charge is -2.11. The first kappa shape index (κ1) is 19.5. The second-order valence-corrected chi connectivity index (χ2v) is 7.17. The van der Waals surface area contributed by atoms with E-state index in [-0.39, 0.29) is 21.9 Å². The molecule has 1 amide bonds. The summed E-state index contributed by atoms with van der Waals surface area (Å²) in [6, 6.07) is 7.71. The summed E-state index contributed by atoms with van der Waals surface area (Å²) >= 11 is 10.5. The number of fused-ring (bicyclic) bond motifs is 3. The van der Waals surface area contributed by atoms with Gasteiger partial charge in [-0.15, -0.1) is 12.6 Å². The molecule has 2 aromatic heterocycles. The van der Waals surface area contributed by atoms with E-state index < -0.39 is 12.5 Å². The van der Waals surface area contributed by atoms with Gasteiger partial charge in [0.15, 0.2) is 11.3 Å².